The topological polar surface area (TPSA) is 95.6 Å². The molecule has 7 nitrogen and oxygen atoms in total. The molecule has 2 aromatic heterocycles. The number of H-pyrrole nitrogens is 1. The van der Waals surface area contributed by atoms with Crippen LogP contribution in [0.1, 0.15) is 30.1 Å². The molecule has 2 heterocycles. The summed E-state index contributed by atoms with van der Waals surface area (Å²) in [5, 5.41) is 12.9. The SMILES string of the molecule is O=C(NCc1cccnc1)Nc1ccc(-c2n[nH]c(C3CC3)n2)cc1. The van der Waals surface area contributed by atoms with E-state index < -0.39 is 0 Å². The number of urea groups is 1. The van der Waals surface area contributed by atoms with Gasteiger partial charge in [0, 0.05) is 36.1 Å². The Balaban J connectivity index is 1.34. The number of nitrogens with zero attached hydrogens (tertiary/aromatic N) is 3. The maximum atomic E-state index is 12.0. The van der Waals surface area contributed by atoms with Crippen molar-refractivity contribution in [2.24, 2.45) is 0 Å². The zero-order valence-corrected chi connectivity index (χ0v) is 13.6. The summed E-state index contributed by atoms with van der Waals surface area (Å²) in [5.41, 5.74) is 2.58. The van der Waals surface area contributed by atoms with Crippen LogP contribution < -0.4 is 10.6 Å². The molecule has 3 N–H and O–H groups in total. The van der Waals surface area contributed by atoms with Crippen LogP contribution in [0, 0.1) is 0 Å². The normalized spacial score (nSPS) is 13.4. The molecule has 0 spiro atoms. The van der Waals surface area contributed by atoms with Crippen molar-refractivity contribution in [3.63, 3.8) is 0 Å². The molecule has 7 heteroatoms. The van der Waals surface area contributed by atoms with E-state index in [1.165, 1.54) is 12.8 Å². The quantitative estimate of drug-likeness (QED) is 0.668. The number of anilines is 1. The zero-order chi connectivity index (χ0) is 17.1. The van der Waals surface area contributed by atoms with Crippen LogP contribution in [0.5, 0.6) is 0 Å². The van der Waals surface area contributed by atoms with Crippen LogP contribution >= 0.6 is 0 Å². The molecular weight excluding hydrogens is 316 g/mol. The summed E-state index contributed by atoms with van der Waals surface area (Å²) >= 11 is 0. The van der Waals surface area contributed by atoms with E-state index in [0.29, 0.717) is 24.0 Å². The minimum atomic E-state index is -0.259. The van der Waals surface area contributed by atoms with Gasteiger partial charge in [-0.1, -0.05) is 6.07 Å². The van der Waals surface area contributed by atoms with Gasteiger partial charge in [0.2, 0.25) is 0 Å². The highest BCUT2D eigenvalue weighted by molar-refractivity contribution is 5.89. The average Bonchev–Trinajstić information content (AvgIpc) is 3.39. The van der Waals surface area contributed by atoms with E-state index in [-0.39, 0.29) is 6.03 Å². The molecule has 1 fully saturated rings. The Bertz CT molecular complexity index is 855. The molecule has 126 valence electrons. The Morgan fingerprint density at radius 1 is 1.20 bits per heavy atom. The second-order valence-corrected chi connectivity index (χ2v) is 6.06. The number of benzene rings is 1. The number of carbonyl (C=O) groups excluding carboxylic acids is 1. The summed E-state index contributed by atoms with van der Waals surface area (Å²) in [6.45, 7) is 0.429. The molecule has 0 bridgehead atoms. The maximum Gasteiger partial charge on any atom is 0.319 e. The Kier molecular flexibility index (Phi) is 4.12. The van der Waals surface area contributed by atoms with Gasteiger partial charge in [-0.05, 0) is 48.7 Å². The van der Waals surface area contributed by atoms with Crippen molar-refractivity contribution in [1.29, 1.82) is 0 Å². The summed E-state index contributed by atoms with van der Waals surface area (Å²) in [7, 11) is 0. The van der Waals surface area contributed by atoms with Crippen molar-refractivity contribution in [2.45, 2.75) is 25.3 Å². The molecule has 3 aromatic rings. The predicted octanol–water partition coefficient (Wildman–Crippen LogP) is 3.07. The Morgan fingerprint density at radius 2 is 2.04 bits per heavy atom. The number of hydrogen-bond acceptors (Lipinski definition) is 4. The van der Waals surface area contributed by atoms with E-state index in [9.17, 15) is 4.79 Å². The first-order valence-corrected chi connectivity index (χ1v) is 8.24. The fourth-order valence-electron chi connectivity index (χ4n) is 2.51. The van der Waals surface area contributed by atoms with E-state index in [1.54, 1.807) is 12.4 Å². The highest BCUT2D eigenvalue weighted by atomic mass is 16.2. The number of pyridine rings is 1. The Labute approximate surface area is 144 Å². The molecule has 0 aliphatic heterocycles. The van der Waals surface area contributed by atoms with Gasteiger partial charge in [0.1, 0.15) is 5.82 Å². The largest absolute Gasteiger partial charge is 0.334 e. The van der Waals surface area contributed by atoms with Crippen LogP contribution in [0.25, 0.3) is 11.4 Å². The first kappa shape index (κ1) is 15.3. The minimum Gasteiger partial charge on any atom is -0.334 e. The molecule has 0 radical (unpaired) electrons. The summed E-state index contributed by atoms with van der Waals surface area (Å²) in [6, 6.07) is 11.0. The highest BCUT2D eigenvalue weighted by Gasteiger charge is 2.27. The fourth-order valence-corrected chi connectivity index (χ4v) is 2.51. The van der Waals surface area contributed by atoms with Gasteiger partial charge in [0.05, 0.1) is 0 Å². The van der Waals surface area contributed by atoms with Crippen LogP contribution in [-0.4, -0.2) is 26.2 Å². The summed E-state index contributed by atoms with van der Waals surface area (Å²) in [5.74, 6) is 2.20. The van der Waals surface area contributed by atoms with Gasteiger partial charge in [-0.3, -0.25) is 10.1 Å². The molecule has 1 aliphatic carbocycles. The maximum absolute atomic E-state index is 12.0. The smallest absolute Gasteiger partial charge is 0.319 e. The predicted molar refractivity (Wildman–Crippen MR) is 93.9 cm³/mol. The number of carbonyl (C=O) groups is 1. The van der Waals surface area contributed by atoms with E-state index in [4.69, 9.17) is 0 Å². The fraction of sp³-hybridized carbons (Fsp3) is 0.222. The van der Waals surface area contributed by atoms with Gasteiger partial charge in [0.25, 0.3) is 0 Å². The molecule has 1 aliphatic rings. The van der Waals surface area contributed by atoms with Crippen LogP contribution in [0.2, 0.25) is 0 Å². The number of amides is 2. The Hall–Kier alpha value is -3.22. The van der Waals surface area contributed by atoms with Gasteiger partial charge >= 0.3 is 6.03 Å². The van der Waals surface area contributed by atoms with Gasteiger partial charge < -0.3 is 10.6 Å². The lowest BCUT2D eigenvalue weighted by Gasteiger charge is -2.07. The van der Waals surface area contributed by atoms with Gasteiger partial charge in [-0.2, -0.15) is 5.10 Å². The first-order valence-electron chi connectivity index (χ1n) is 8.24. The summed E-state index contributed by atoms with van der Waals surface area (Å²) in [6.07, 6.45) is 5.80. The van der Waals surface area contributed by atoms with Crippen LogP contribution in [0.4, 0.5) is 10.5 Å². The van der Waals surface area contributed by atoms with Crippen LogP contribution in [0.15, 0.2) is 48.8 Å². The van der Waals surface area contributed by atoms with Crippen molar-refractivity contribution in [2.75, 3.05) is 5.32 Å². The number of aromatic amines is 1. The second kappa shape index (κ2) is 6.72. The Morgan fingerprint density at radius 3 is 2.76 bits per heavy atom. The lowest BCUT2D eigenvalue weighted by Crippen LogP contribution is -2.28. The third-order valence-electron chi connectivity index (χ3n) is 4.04. The summed E-state index contributed by atoms with van der Waals surface area (Å²) in [4.78, 5) is 20.5. The third kappa shape index (κ3) is 3.82. The van der Waals surface area contributed by atoms with Crippen molar-refractivity contribution >= 4 is 11.7 Å². The van der Waals surface area contributed by atoms with E-state index in [0.717, 1.165) is 17.0 Å². The molecule has 4 rings (SSSR count). The molecule has 25 heavy (non-hydrogen) atoms. The number of rotatable bonds is 5. The van der Waals surface area contributed by atoms with Crippen molar-refractivity contribution < 1.29 is 4.79 Å². The molecular formula is C18H18N6O. The van der Waals surface area contributed by atoms with Crippen molar-refractivity contribution in [1.82, 2.24) is 25.5 Å². The number of aromatic nitrogens is 4. The summed E-state index contributed by atoms with van der Waals surface area (Å²) < 4.78 is 0. The minimum absolute atomic E-state index is 0.259. The third-order valence-corrected chi connectivity index (χ3v) is 4.04. The number of hydrogen-bond donors (Lipinski definition) is 3. The number of nitrogens with one attached hydrogen (secondary N) is 3. The second-order valence-electron chi connectivity index (χ2n) is 6.06. The van der Waals surface area contributed by atoms with Gasteiger partial charge in [-0.25, -0.2) is 9.78 Å². The monoisotopic (exact) mass is 334 g/mol. The van der Waals surface area contributed by atoms with E-state index in [2.05, 4.69) is 30.8 Å². The molecule has 0 atom stereocenters. The molecule has 2 amide bonds. The average molecular weight is 334 g/mol. The van der Waals surface area contributed by atoms with E-state index >= 15 is 0 Å². The van der Waals surface area contributed by atoms with Crippen LogP contribution in [0.3, 0.4) is 0 Å². The van der Waals surface area contributed by atoms with Gasteiger partial charge in [0.15, 0.2) is 5.82 Å². The molecule has 1 saturated carbocycles. The zero-order valence-electron chi connectivity index (χ0n) is 13.6. The van der Waals surface area contributed by atoms with Gasteiger partial charge in [-0.15, -0.1) is 0 Å². The first-order chi connectivity index (χ1) is 12.3. The van der Waals surface area contributed by atoms with Crippen molar-refractivity contribution in [3.8, 4) is 11.4 Å². The van der Waals surface area contributed by atoms with Crippen LogP contribution in [-0.2, 0) is 6.54 Å². The molecule has 0 saturated heterocycles. The van der Waals surface area contributed by atoms with Crippen molar-refractivity contribution in [3.05, 3.63) is 60.2 Å². The lowest BCUT2D eigenvalue weighted by molar-refractivity contribution is 0.251. The molecule has 1 aromatic carbocycles. The van der Waals surface area contributed by atoms with E-state index in [1.807, 2.05) is 36.4 Å². The standard InChI is InChI=1S/C18H18N6O/c25-18(20-11-12-2-1-9-19-10-12)21-15-7-5-14(6-8-15)17-22-16(23-24-17)13-3-4-13/h1-2,5-10,13H,3-4,11H2,(H2,20,21,25)(H,22,23,24). The highest BCUT2D eigenvalue weighted by Crippen LogP contribution is 2.38. The lowest BCUT2D eigenvalue weighted by atomic mass is 10.2. The molecule has 0 unspecified atom stereocenters.